The highest BCUT2D eigenvalue weighted by molar-refractivity contribution is 5.80. The van der Waals surface area contributed by atoms with Gasteiger partial charge in [0.15, 0.2) is 0 Å². The molecule has 0 aliphatic heterocycles. The first-order valence-corrected chi connectivity index (χ1v) is 6.31. The summed E-state index contributed by atoms with van der Waals surface area (Å²) in [5.41, 5.74) is 8.05. The number of nitrogens with two attached hydrogens (primary N) is 1. The zero-order valence-corrected chi connectivity index (χ0v) is 11.4. The summed E-state index contributed by atoms with van der Waals surface area (Å²) in [5.74, 6) is 0.816. The lowest BCUT2D eigenvalue weighted by molar-refractivity contribution is 0.316. The molecule has 1 aromatic carbocycles. The molecular weight excluding hydrogens is 226 g/mol. The Morgan fingerprint density at radius 1 is 1.28 bits per heavy atom. The van der Waals surface area contributed by atoms with Gasteiger partial charge in [0.2, 0.25) is 0 Å². The fourth-order valence-electron chi connectivity index (χ4n) is 1.74. The normalized spacial score (nSPS) is 13.9. The lowest BCUT2D eigenvalue weighted by Crippen LogP contribution is -2.30. The second kappa shape index (κ2) is 7.01. The minimum Gasteiger partial charge on any atom is -0.409 e. The minimum absolute atomic E-state index is 0.186. The van der Waals surface area contributed by atoms with E-state index in [2.05, 4.69) is 48.6 Å². The van der Waals surface area contributed by atoms with Gasteiger partial charge >= 0.3 is 0 Å². The van der Waals surface area contributed by atoms with Crippen LogP contribution in [0.25, 0.3) is 0 Å². The van der Waals surface area contributed by atoms with Crippen LogP contribution in [-0.4, -0.2) is 17.1 Å². The van der Waals surface area contributed by atoms with Crippen molar-refractivity contribution < 1.29 is 5.21 Å². The zero-order chi connectivity index (χ0) is 13.5. The van der Waals surface area contributed by atoms with E-state index < -0.39 is 0 Å². The van der Waals surface area contributed by atoms with Crippen LogP contribution in [0.2, 0.25) is 0 Å². The monoisotopic (exact) mass is 249 g/mol. The summed E-state index contributed by atoms with van der Waals surface area (Å²) in [4.78, 5) is 0. The molecule has 0 aliphatic rings. The number of oxime groups is 1. The number of hydrogen-bond donors (Lipinski definition) is 3. The molecule has 4 nitrogen and oxygen atoms in total. The SMILES string of the molecule is CC(C/C(N)=N/O)NCc1ccc(C(C)C)cc1. The molecule has 4 heteroatoms. The van der Waals surface area contributed by atoms with Crippen LogP contribution in [-0.2, 0) is 6.54 Å². The number of hydrogen-bond acceptors (Lipinski definition) is 3. The highest BCUT2D eigenvalue weighted by atomic mass is 16.4. The Labute approximate surface area is 109 Å². The Balaban J connectivity index is 2.43. The third-order valence-electron chi connectivity index (χ3n) is 2.94. The number of rotatable bonds is 6. The van der Waals surface area contributed by atoms with Crippen molar-refractivity contribution in [3.8, 4) is 0 Å². The van der Waals surface area contributed by atoms with Crippen molar-refractivity contribution in [2.75, 3.05) is 0 Å². The first kappa shape index (κ1) is 14.5. The number of nitrogens with zero attached hydrogens (tertiary/aromatic N) is 1. The van der Waals surface area contributed by atoms with E-state index >= 15 is 0 Å². The van der Waals surface area contributed by atoms with Gasteiger partial charge in [-0.3, -0.25) is 0 Å². The van der Waals surface area contributed by atoms with Crippen LogP contribution in [0.4, 0.5) is 0 Å². The van der Waals surface area contributed by atoms with Crippen LogP contribution >= 0.6 is 0 Å². The van der Waals surface area contributed by atoms with E-state index in [9.17, 15) is 0 Å². The summed E-state index contributed by atoms with van der Waals surface area (Å²) in [6.45, 7) is 7.18. The van der Waals surface area contributed by atoms with E-state index in [1.54, 1.807) is 0 Å². The van der Waals surface area contributed by atoms with Gasteiger partial charge in [-0.2, -0.15) is 0 Å². The molecule has 1 unspecified atom stereocenters. The molecule has 1 atom stereocenters. The summed E-state index contributed by atoms with van der Waals surface area (Å²) in [6, 6.07) is 8.79. The van der Waals surface area contributed by atoms with E-state index in [0.29, 0.717) is 12.3 Å². The van der Waals surface area contributed by atoms with E-state index in [1.807, 2.05) is 6.92 Å². The van der Waals surface area contributed by atoms with Crippen molar-refractivity contribution in [1.82, 2.24) is 5.32 Å². The topological polar surface area (TPSA) is 70.6 Å². The van der Waals surface area contributed by atoms with Gasteiger partial charge in [0.1, 0.15) is 5.84 Å². The Hall–Kier alpha value is -1.55. The van der Waals surface area contributed by atoms with Gasteiger partial charge in [0, 0.05) is 19.0 Å². The molecule has 1 rings (SSSR count). The molecule has 0 aromatic heterocycles. The molecule has 100 valence electrons. The lowest BCUT2D eigenvalue weighted by atomic mass is 10.0. The maximum Gasteiger partial charge on any atom is 0.140 e. The number of nitrogens with one attached hydrogen (secondary N) is 1. The van der Waals surface area contributed by atoms with Crippen LogP contribution in [0, 0.1) is 0 Å². The van der Waals surface area contributed by atoms with Crippen molar-refractivity contribution in [3.05, 3.63) is 35.4 Å². The van der Waals surface area contributed by atoms with Gasteiger partial charge in [-0.25, -0.2) is 0 Å². The zero-order valence-electron chi connectivity index (χ0n) is 11.4. The Bertz CT molecular complexity index is 385. The molecule has 0 aliphatic carbocycles. The Kier molecular flexibility index (Phi) is 5.65. The molecule has 4 N–H and O–H groups in total. The summed E-state index contributed by atoms with van der Waals surface area (Å²) in [7, 11) is 0. The van der Waals surface area contributed by atoms with Gasteiger partial charge in [-0.05, 0) is 24.0 Å². The minimum atomic E-state index is 0.186. The quantitative estimate of drug-likeness (QED) is 0.314. The second-order valence-electron chi connectivity index (χ2n) is 4.97. The standard InChI is InChI=1S/C14H23N3O/c1-10(2)13-6-4-12(5-7-13)9-16-11(3)8-14(15)17-18/h4-7,10-11,16,18H,8-9H2,1-3H3,(H2,15,17). The number of amidine groups is 1. The Morgan fingerprint density at radius 2 is 1.89 bits per heavy atom. The van der Waals surface area contributed by atoms with Gasteiger partial charge in [0.25, 0.3) is 0 Å². The molecule has 0 spiro atoms. The highest BCUT2D eigenvalue weighted by Gasteiger charge is 2.05. The maximum atomic E-state index is 8.49. The van der Waals surface area contributed by atoms with Gasteiger partial charge in [-0.15, -0.1) is 0 Å². The fourth-order valence-corrected chi connectivity index (χ4v) is 1.74. The predicted octanol–water partition coefficient (Wildman–Crippen LogP) is 2.42. The van der Waals surface area contributed by atoms with Crippen molar-refractivity contribution >= 4 is 5.84 Å². The van der Waals surface area contributed by atoms with Crippen molar-refractivity contribution in [2.45, 2.75) is 45.7 Å². The van der Waals surface area contributed by atoms with Gasteiger partial charge in [-0.1, -0.05) is 43.3 Å². The second-order valence-corrected chi connectivity index (χ2v) is 4.97. The molecule has 1 aromatic rings. The first-order valence-electron chi connectivity index (χ1n) is 6.31. The largest absolute Gasteiger partial charge is 0.409 e. The predicted molar refractivity (Wildman–Crippen MR) is 74.9 cm³/mol. The third kappa shape index (κ3) is 4.75. The molecule has 0 heterocycles. The van der Waals surface area contributed by atoms with E-state index in [4.69, 9.17) is 10.9 Å². The molecular formula is C14H23N3O. The molecule has 0 radical (unpaired) electrons. The smallest absolute Gasteiger partial charge is 0.140 e. The fraction of sp³-hybridized carbons (Fsp3) is 0.500. The highest BCUT2D eigenvalue weighted by Crippen LogP contribution is 2.14. The van der Waals surface area contributed by atoms with Crippen LogP contribution in [0.3, 0.4) is 0 Å². The lowest BCUT2D eigenvalue weighted by Gasteiger charge is -2.13. The van der Waals surface area contributed by atoms with Crippen LogP contribution in [0.15, 0.2) is 29.4 Å². The van der Waals surface area contributed by atoms with Crippen LogP contribution in [0.5, 0.6) is 0 Å². The van der Waals surface area contributed by atoms with E-state index in [-0.39, 0.29) is 11.9 Å². The third-order valence-corrected chi connectivity index (χ3v) is 2.94. The Morgan fingerprint density at radius 3 is 2.39 bits per heavy atom. The van der Waals surface area contributed by atoms with E-state index in [1.165, 1.54) is 11.1 Å². The van der Waals surface area contributed by atoms with Crippen molar-refractivity contribution in [1.29, 1.82) is 0 Å². The summed E-state index contributed by atoms with van der Waals surface area (Å²) in [5, 5.41) is 14.8. The van der Waals surface area contributed by atoms with Crippen LogP contribution in [0.1, 0.15) is 44.2 Å². The summed E-state index contributed by atoms with van der Waals surface area (Å²) >= 11 is 0. The molecule has 18 heavy (non-hydrogen) atoms. The molecule has 0 saturated heterocycles. The molecule has 0 bridgehead atoms. The summed E-state index contributed by atoms with van der Waals surface area (Å²) in [6.07, 6.45) is 0.542. The number of benzene rings is 1. The maximum absolute atomic E-state index is 8.49. The molecule has 0 saturated carbocycles. The molecule has 0 amide bonds. The van der Waals surface area contributed by atoms with Crippen molar-refractivity contribution in [2.24, 2.45) is 10.9 Å². The van der Waals surface area contributed by atoms with E-state index in [0.717, 1.165) is 6.54 Å². The van der Waals surface area contributed by atoms with Gasteiger partial charge < -0.3 is 16.3 Å². The average molecular weight is 249 g/mol. The van der Waals surface area contributed by atoms with Gasteiger partial charge in [0.05, 0.1) is 0 Å². The van der Waals surface area contributed by atoms with Crippen LogP contribution < -0.4 is 11.1 Å². The summed E-state index contributed by atoms with van der Waals surface area (Å²) < 4.78 is 0. The van der Waals surface area contributed by atoms with Crippen molar-refractivity contribution in [3.63, 3.8) is 0 Å². The molecule has 0 fully saturated rings. The first-order chi connectivity index (χ1) is 8.52. The average Bonchev–Trinajstić information content (AvgIpc) is 2.36.